The summed E-state index contributed by atoms with van der Waals surface area (Å²) < 4.78 is 32.2. The number of rotatable bonds is 6. The quantitative estimate of drug-likeness (QED) is 0.597. The Labute approximate surface area is 145 Å². The average molecular weight is 363 g/mol. The van der Waals surface area contributed by atoms with Crippen LogP contribution < -0.4 is 14.8 Å². The zero-order chi connectivity index (χ0) is 18.0. The zero-order valence-electron chi connectivity index (χ0n) is 13.5. The molecule has 0 unspecified atom stereocenters. The maximum absolute atomic E-state index is 12.4. The summed E-state index contributed by atoms with van der Waals surface area (Å²) in [5.41, 5.74) is 2.79. The molecule has 132 valence electrons. The molecular formula is C16H17N3O5S. The zero-order valence-corrected chi connectivity index (χ0v) is 14.3. The van der Waals surface area contributed by atoms with Gasteiger partial charge in [0, 0.05) is 25.7 Å². The summed E-state index contributed by atoms with van der Waals surface area (Å²) >= 11 is 0. The van der Waals surface area contributed by atoms with Crippen molar-refractivity contribution < 1.29 is 18.1 Å². The molecule has 1 aliphatic heterocycles. The minimum Gasteiger partial charge on any atom is -0.490 e. The van der Waals surface area contributed by atoms with Crippen molar-refractivity contribution in [3.05, 3.63) is 63.2 Å². The Morgan fingerprint density at radius 1 is 1.20 bits per heavy atom. The fourth-order valence-corrected chi connectivity index (χ4v) is 3.74. The highest BCUT2D eigenvalue weighted by Gasteiger charge is 2.22. The molecule has 8 nitrogen and oxygen atoms in total. The molecular weight excluding hydrogens is 346 g/mol. The van der Waals surface area contributed by atoms with E-state index < -0.39 is 20.6 Å². The standard InChI is InChI=1S/C16H17N3O5S/c1-24-16-5-4-14(7-15(16)19(20)21)25(22,23)18-8-11-2-3-12-9-17-10-13(12)6-11/h2-7,17-18H,8-10H2,1H3. The minimum absolute atomic E-state index is 0.00933. The van der Waals surface area contributed by atoms with E-state index in [1.165, 1.54) is 24.8 Å². The number of benzene rings is 2. The first kappa shape index (κ1) is 17.3. The molecule has 0 spiro atoms. The summed E-state index contributed by atoms with van der Waals surface area (Å²) in [6, 6.07) is 9.33. The second-order valence-electron chi connectivity index (χ2n) is 5.62. The van der Waals surface area contributed by atoms with E-state index in [9.17, 15) is 18.5 Å². The lowest BCUT2D eigenvalue weighted by Crippen LogP contribution is -2.23. The van der Waals surface area contributed by atoms with Gasteiger partial charge in [-0.2, -0.15) is 0 Å². The Morgan fingerprint density at radius 3 is 2.68 bits per heavy atom. The highest BCUT2D eigenvalue weighted by molar-refractivity contribution is 7.89. The van der Waals surface area contributed by atoms with Gasteiger partial charge in [0.15, 0.2) is 5.75 Å². The fourth-order valence-electron chi connectivity index (χ4n) is 2.70. The number of ether oxygens (including phenoxy) is 1. The van der Waals surface area contributed by atoms with Crippen LogP contribution in [0, 0.1) is 10.1 Å². The van der Waals surface area contributed by atoms with E-state index in [4.69, 9.17) is 4.74 Å². The highest BCUT2D eigenvalue weighted by Crippen LogP contribution is 2.29. The van der Waals surface area contributed by atoms with Gasteiger partial charge in [0.25, 0.3) is 0 Å². The molecule has 0 amide bonds. The Kier molecular flexibility index (Phi) is 4.71. The van der Waals surface area contributed by atoms with Gasteiger partial charge >= 0.3 is 5.69 Å². The molecule has 0 saturated heterocycles. The van der Waals surface area contributed by atoms with E-state index in [1.807, 2.05) is 18.2 Å². The van der Waals surface area contributed by atoms with Crippen LogP contribution in [0.3, 0.4) is 0 Å². The van der Waals surface area contributed by atoms with Gasteiger partial charge in [0.05, 0.1) is 16.9 Å². The molecule has 25 heavy (non-hydrogen) atoms. The van der Waals surface area contributed by atoms with Gasteiger partial charge in [-0.25, -0.2) is 13.1 Å². The number of nitrogens with one attached hydrogen (secondary N) is 2. The number of methoxy groups -OCH3 is 1. The van der Waals surface area contributed by atoms with Crippen molar-refractivity contribution >= 4 is 15.7 Å². The Hall–Kier alpha value is -2.49. The lowest BCUT2D eigenvalue weighted by molar-refractivity contribution is -0.386. The molecule has 0 aliphatic carbocycles. The predicted molar refractivity (Wildman–Crippen MR) is 90.7 cm³/mol. The number of nitro groups is 1. The molecule has 3 rings (SSSR count). The molecule has 2 aromatic rings. The first-order valence-electron chi connectivity index (χ1n) is 7.54. The molecule has 0 saturated carbocycles. The topological polar surface area (TPSA) is 111 Å². The van der Waals surface area contributed by atoms with Crippen molar-refractivity contribution in [3.63, 3.8) is 0 Å². The van der Waals surface area contributed by atoms with Gasteiger partial charge in [0.1, 0.15) is 0 Å². The third-order valence-corrected chi connectivity index (χ3v) is 5.42. The molecule has 0 radical (unpaired) electrons. The lowest BCUT2D eigenvalue weighted by atomic mass is 10.1. The number of sulfonamides is 1. The molecule has 0 atom stereocenters. The fraction of sp³-hybridized carbons (Fsp3) is 0.250. The summed E-state index contributed by atoms with van der Waals surface area (Å²) in [6.07, 6.45) is 0. The predicted octanol–water partition coefficient (Wildman–Crippen LogP) is 1.69. The normalized spacial score (nSPS) is 13.5. The van der Waals surface area contributed by atoms with Gasteiger partial charge in [0.2, 0.25) is 10.0 Å². The van der Waals surface area contributed by atoms with Crippen LogP contribution in [0.2, 0.25) is 0 Å². The number of hydrogen-bond donors (Lipinski definition) is 2. The smallest absolute Gasteiger partial charge is 0.312 e. The molecule has 0 aromatic heterocycles. The second kappa shape index (κ2) is 6.79. The number of hydrogen-bond acceptors (Lipinski definition) is 6. The Bertz CT molecular complexity index is 927. The van der Waals surface area contributed by atoms with Crippen molar-refractivity contribution in [1.82, 2.24) is 10.0 Å². The van der Waals surface area contributed by atoms with Crippen molar-refractivity contribution in [2.75, 3.05) is 7.11 Å². The van der Waals surface area contributed by atoms with Crippen molar-refractivity contribution in [2.45, 2.75) is 24.5 Å². The van der Waals surface area contributed by atoms with E-state index in [1.54, 1.807) is 0 Å². The summed E-state index contributed by atoms with van der Waals surface area (Å²) in [5.74, 6) is 0.00933. The number of fused-ring (bicyclic) bond motifs is 1. The van der Waals surface area contributed by atoms with Gasteiger partial charge in [-0.05, 0) is 28.8 Å². The Balaban J connectivity index is 1.80. The van der Waals surface area contributed by atoms with Crippen LogP contribution in [-0.2, 0) is 29.7 Å². The van der Waals surface area contributed by atoms with Crippen LogP contribution in [0.1, 0.15) is 16.7 Å². The second-order valence-corrected chi connectivity index (χ2v) is 7.39. The molecule has 0 fully saturated rings. The van der Waals surface area contributed by atoms with Crippen molar-refractivity contribution in [1.29, 1.82) is 0 Å². The first-order chi connectivity index (χ1) is 11.9. The van der Waals surface area contributed by atoms with Crippen LogP contribution in [0.15, 0.2) is 41.3 Å². The maximum Gasteiger partial charge on any atom is 0.312 e. The first-order valence-corrected chi connectivity index (χ1v) is 9.02. The molecule has 1 aliphatic rings. The summed E-state index contributed by atoms with van der Waals surface area (Å²) in [5, 5.41) is 14.3. The van der Waals surface area contributed by atoms with Gasteiger partial charge in [-0.1, -0.05) is 18.2 Å². The molecule has 2 aromatic carbocycles. The number of nitro benzene ring substituents is 1. The third kappa shape index (κ3) is 3.63. The van der Waals surface area contributed by atoms with E-state index >= 15 is 0 Å². The molecule has 2 N–H and O–H groups in total. The van der Waals surface area contributed by atoms with E-state index in [0.717, 1.165) is 30.3 Å². The van der Waals surface area contributed by atoms with E-state index in [0.29, 0.717) is 0 Å². The van der Waals surface area contributed by atoms with Crippen LogP contribution in [0.5, 0.6) is 5.75 Å². The average Bonchev–Trinajstić information content (AvgIpc) is 3.07. The van der Waals surface area contributed by atoms with Crippen molar-refractivity contribution in [2.24, 2.45) is 0 Å². The largest absolute Gasteiger partial charge is 0.490 e. The van der Waals surface area contributed by atoms with E-state index in [2.05, 4.69) is 10.0 Å². The SMILES string of the molecule is COc1ccc(S(=O)(=O)NCc2ccc3c(c2)CNC3)cc1[N+](=O)[O-]. The maximum atomic E-state index is 12.4. The highest BCUT2D eigenvalue weighted by atomic mass is 32.2. The van der Waals surface area contributed by atoms with Crippen LogP contribution in [0.4, 0.5) is 5.69 Å². The molecule has 1 heterocycles. The monoisotopic (exact) mass is 363 g/mol. The number of nitrogens with zero attached hydrogens (tertiary/aromatic N) is 1. The molecule has 9 heteroatoms. The summed E-state index contributed by atoms with van der Waals surface area (Å²) in [7, 11) is -2.59. The summed E-state index contributed by atoms with van der Waals surface area (Å²) in [6.45, 7) is 1.69. The lowest BCUT2D eigenvalue weighted by Gasteiger charge is -2.09. The minimum atomic E-state index is -3.88. The Morgan fingerprint density at radius 2 is 1.96 bits per heavy atom. The van der Waals surface area contributed by atoms with Crippen LogP contribution in [-0.4, -0.2) is 20.5 Å². The third-order valence-electron chi connectivity index (χ3n) is 4.03. The molecule has 0 bridgehead atoms. The summed E-state index contributed by atoms with van der Waals surface area (Å²) in [4.78, 5) is 10.2. The van der Waals surface area contributed by atoms with Gasteiger partial charge in [-0.15, -0.1) is 0 Å². The van der Waals surface area contributed by atoms with Crippen LogP contribution >= 0.6 is 0 Å². The van der Waals surface area contributed by atoms with Gasteiger partial charge < -0.3 is 10.1 Å². The van der Waals surface area contributed by atoms with Gasteiger partial charge in [-0.3, -0.25) is 10.1 Å². The van der Waals surface area contributed by atoms with Crippen molar-refractivity contribution in [3.8, 4) is 5.75 Å². The van der Waals surface area contributed by atoms with Crippen LogP contribution in [0.25, 0.3) is 0 Å². The van der Waals surface area contributed by atoms with E-state index in [-0.39, 0.29) is 17.2 Å².